The highest BCUT2D eigenvalue weighted by atomic mass is 16.5. The third kappa shape index (κ3) is 4.73. The second-order valence-corrected chi connectivity index (χ2v) is 5.79. The highest BCUT2D eigenvalue weighted by molar-refractivity contribution is 5.47. The third-order valence-corrected chi connectivity index (χ3v) is 2.96. The first kappa shape index (κ1) is 15.8. The Hall–Kier alpha value is -1.26. The van der Waals surface area contributed by atoms with Crippen molar-refractivity contribution < 1.29 is 9.47 Å². The summed E-state index contributed by atoms with van der Waals surface area (Å²) in [4.78, 5) is 2.22. The smallest absolute Gasteiger partial charge is 0.161 e. The van der Waals surface area contributed by atoms with E-state index < -0.39 is 0 Å². The molecule has 108 valence electrons. The Labute approximate surface area is 116 Å². The maximum atomic E-state index is 6.04. The molecule has 0 amide bonds. The van der Waals surface area contributed by atoms with Gasteiger partial charge in [-0.1, -0.05) is 0 Å². The molecule has 0 atom stereocenters. The van der Waals surface area contributed by atoms with Gasteiger partial charge in [0.15, 0.2) is 11.5 Å². The first-order chi connectivity index (χ1) is 8.76. The summed E-state index contributed by atoms with van der Waals surface area (Å²) in [5, 5.41) is 0. The van der Waals surface area contributed by atoms with Crippen molar-refractivity contribution in [1.82, 2.24) is 4.90 Å². The van der Waals surface area contributed by atoms with Crippen molar-refractivity contribution in [2.75, 3.05) is 27.8 Å². The van der Waals surface area contributed by atoms with E-state index in [0.29, 0.717) is 0 Å². The van der Waals surface area contributed by atoms with E-state index in [4.69, 9.17) is 15.2 Å². The summed E-state index contributed by atoms with van der Waals surface area (Å²) in [6, 6.07) is 4.05. The Kier molecular flexibility index (Phi) is 5.20. The van der Waals surface area contributed by atoms with Crippen LogP contribution in [0.5, 0.6) is 11.5 Å². The van der Waals surface area contributed by atoms with Gasteiger partial charge in [0.2, 0.25) is 0 Å². The number of methoxy groups -OCH3 is 2. The topological polar surface area (TPSA) is 47.7 Å². The number of likely N-dealkylation sites (N-methyl/N-ethyl adjacent to an activating group) is 1. The van der Waals surface area contributed by atoms with E-state index >= 15 is 0 Å². The standard InChI is InChI=1S/C15H26N2O2/c1-11-7-13(18-5)14(19-6)8-12(11)9-17(4)10-15(2,3)16/h7-8H,9-10,16H2,1-6H3. The number of aryl methyl sites for hydroxylation is 1. The molecule has 1 aromatic carbocycles. The van der Waals surface area contributed by atoms with Gasteiger partial charge in [-0.3, -0.25) is 0 Å². The molecule has 0 aromatic heterocycles. The molecule has 0 aliphatic carbocycles. The summed E-state index contributed by atoms with van der Waals surface area (Å²) in [7, 11) is 5.38. The molecule has 1 rings (SSSR count). The van der Waals surface area contributed by atoms with Crippen LogP contribution in [0.25, 0.3) is 0 Å². The van der Waals surface area contributed by atoms with Crippen LogP contribution in [-0.2, 0) is 6.54 Å². The summed E-state index contributed by atoms with van der Waals surface area (Å²) in [5.41, 5.74) is 8.27. The first-order valence-corrected chi connectivity index (χ1v) is 6.45. The Morgan fingerprint density at radius 2 is 1.68 bits per heavy atom. The number of benzene rings is 1. The van der Waals surface area contributed by atoms with Crippen LogP contribution in [0.4, 0.5) is 0 Å². The molecule has 0 fully saturated rings. The summed E-state index contributed by atoms with van der Waals surface area (Å²) < 4.78 is 10.6. The first-order valence-electron chi connectivity index (χ1n) is 6.45. The van der Waals surface area contributed by atoms with E-state index in [0.717, 1.165) is 24.6 Å². The molecular weight excluding hydrogens is 240 g/mol. The maximum Gasteiger partial charge on any atom is 0.161 e. The van der Waals surface area contributed by atoms with Crippen molar-refractivity contribution in [3.63, 3.8) is 0 Å². The van der Waals surface area contributed by atoms with E-state index in [2.05, 4.69) is 18.9 Å². The second-order valence-electron chi connectivity index (χ2n) is 5.79. The zero-order valence-corrected chi connectivity index (χ0v) is 12.9. The van der Waals surface area contributed by atoms with Crippen molar-refractivity contribution in [3.8, 4) is 11.5 Å². The summed E-state index contributed by atoms with van der Waals surface area (Å²) in [6.07, 6.45) is 0. The lowest BCUT2D eigenvalue weighted by atomic mass is 10.0. The lowest BCUT2D eigenvalue weighted by Gasteiger charge is -2.27. The van der Waals surface area contributed by atoms with Gasteiger partial charge in [-0.15, -0.1) is 0 Å². The predicted octanol–water partition coefficient (Wildman–Crippen LogP) is 2.18. The minimum absolute atomic E-state index is 0.195. The van der Waals surface area contributed by atoms with Crippen LogP contribution in [0, 0.1) is 6.92 Å². The predicted molar refractivity (Wildman–Crippen MR) is 78.9 cm³/mol. The maximum absolute atomic E-state index is 6.04. The Bertz CT molecular complexity index is 425. The largest absolute Gasteiger partial charge is 0.493 e. The number of nitrogens with two attached hydrogens (primary N) is 1. The summed E-state index contributed by atoms with van der Waals surface area (Å²) in [6.45, 7) is 7.82. The average Bonchev–Trinajstić information content (AvgIpc) is 2.28. The SMILES string of the molecule is COc1cc(C)c(CN(C)CC(C)(C)N)cc1OC. The van der Waals surface area contributed by atoms with Gasteiger partial charge in [-0.2, -0.15) is 0 Å². The fourth-order valence-electron chi connectivity index (χ4n) is 2.24. The number of hydrogen-bond acceptors (Lipinski definition) is 4. The molecule has 0 saturated carbocycles. The van der Waals surface area contributed by atoms with E-state index in [1.54, 1.807) is 14.2 Å². The normalized spacial score (nSPS) is 11.8. The van der Waals surface area contributed by atoms with E-state index in [9.17, 15) is 0 Å². The third-order valence-electron chi connectivity index (χ3n) is 2.96. The van der Waals surface area contributed by atoms with Crippen molar-refractivity contribution in [1.29, 1.82) is 0 Å². The molecule has 1 aromatic rings. The molecule has 0 radical (unpaired) electrons. The molecule has 4 heteroatoms. The van der Waals surface area contributed by atoms with Crippen molar-refractivity contribution in [3.05, 3.63) is 23.3 Å². The molecule has 2 N–H and O–H groups in total. The minimum atomic E-state index is -0.195. The molecule has 0 aliphatic heterocycles. The molecule has 0 saturated heterocycles. The highest BCUT2D eigenvalue weighted by Crippen LogP contribution is 2.30. The van der Waals surface area contributed by atoms with Crippen LogP contribution >= 0.6 is 0 Å². The molecule has 0 unspecified atom stereocenters. The van der Waals surface area contributed by atoms with E-state index in [-0.39, 0.29) is 5.54 Å². The number of rotatable bonds is 6. The van der Waals surface area contributed by atoms with Gasteiger partial charge in [-0.05, 0) is 51.1 Å². The Morgan fingerprint density at radius 1 is 1.16 bits per heavy atom. The summed E-state index contributed by atoms with van der Waals surface area (Å²) >= 11 is 0. The number of hydrogen-bond donors (Lipinski definition) is 1. The van der Waals surface area contributed by atoms with Gasteiger partial charge in [0.05, 0.1) is 14.2 Å². The van der Waals surface area contributed by atoms with Crippen LogP contribution in [0.15, 0.2) is 12.1 Å². The van der Waals surface area contributed by atoms with Crippen LogP contribution in [0.3, 0.4) is 0 Å². The zero-order chi connectivity index (χ0) is 14.6. The average molecular weight is 266 g/mol. The van der Waals surface area contributed by atoms with Crippen molar-refractivity contribution >= 4 is 0 Å². The monoisotopic (exact) mass is 266 g/mol. The van der Waals surface area contributed by atoms with Crippen molar-refractivity contribution in [2.24, 2.45) is 5.73 Å². The molecule has 0 heterocycles. The number of nitrogens with zero attached hydrogens (tertiary/aromatic N) is 1. The summed E-state index contributed by atoms with van der Waals surface area (Å²) in [5.74, 6) is 1.54. The van der Waals surface area contributed by atoms with Gasteiger partial charge in [0.1, 0.15) is 0 Å². The van der Waals surface area contributed by atoms with Crippen LogP contribution in [0.2, 0.25) is 0 Å². The Balaban J connectivity index is 2.89. The van der Waals surface area contributed by atoms with Crippen LogP contribution in [-0.4, -0.2) is 38.3 Å². The number of ether oxygens (including phenoxy) is 2. The molecule has 0 aliphatic rings. The van der Waals surface area contributed by atoms with Crippen LogP contribution in [0.1, 0.15) is 25.0 Å². The fraction of sp³-hybridized carbons (Fsp3) is 0.600. The fourth-order valence-corrected chi connectivity index (χ4v) is 2.24. The molecular formula is C15H26N2O2. The lowest BCUT2D eigenvalue weighted by molar-refractivity contribution is 0.262. The lowest BCUT2D eigenvalue weighted by Crippen LogP contribution is -2.43. The molecule has 4 nitrogen and oxygen atoms in total. The van der Waals surface area contributed by atoms with Crippen LogP contribution < -0.4 is 15.2 Å². The van der Waals surface area contributed by atoms with Gasteiger partial charge < -0.3 is 20.1 Å². The second kappa shape index (κ2) is 6.26. The quantitative estimate of drug-likeness (QED) is 0.857. The van der Waals surface area contributed by atoms with E-state index in [1.165, 1.54) is 11.1 Å². The molecule has 0 spiro atoms. The van der Waals surface area contributed by atoms with Gasteiger partial charge in [0.25, 0.3) is 0 Å². The molecule has 19 heavy (non-hydrogen) atoms. The van der Waals surface area contributed by atoms with E-state index in [1.807, 2.05) is 26.0 Å². The zero-order valence-electron chi connectivity index (χ0n) is 12.9. The Morgan fingerprint density at radius 3 is 2.16 bits per heavy atom. The highest BCUT2D eigenvalue weighted by Gasteiger charge is 2.16. The van der Waals surface area contributed by atoms with Gasteiger partial charge in [0, 0.05) is 18.6 Å². The molecule has 0 bridgehead atoms. The van der Waals surface area contributed by atoms with Gasteiger partial charge >= 0.3 is 0 Å². The minimum Gasteiger partial charge on any atom is -0.493 e. The van der Waals surface area contributed by atoms with Crippen molar-refractivity contribution in [2.45, 2.75) is 32.9 Å². The van der Waals surface area contributed by atoms with Gasteiger partial charge in [-0.25, -0.2) is 0 Å².